The summed E-state index contributed by atoms with van der Waals surface area (Å²) in [7, 11) is 0. The molecule has 2 atom stereocenters. The van der Waals surface area contributed by atoms with E-state index < -0.39 is 11.6 Å². The Hall–Kier alpha value is -1.85. The molecule has 1 aromatic carbocycles. The van der Waals surface area contributed by atoms with Gasteiger partial charge in [-0.05, 0) is 31.4 Å². The third-order valence-corrected chi connectivity index (χ3v) is 3.30. The summed E-state index contributed by atoms with van der Waals surface area (Å²) in [6.45, 7) is 5.73. The lowest BCUT2D eigenvalue weighted by atomic mass is 10.3. The van der Waals surface area contributed by atoms with E-state index in [1.54, 1.807) is 0 Å². The molecule has 4 nitrogen and oxygen atoms in total. The Morgan fingerprint density at radius 2 is 2.14 bits per heavy atom. The predicted molar refractivity (Wildman–Crippen MR) is 78.5 cm³/mol. The molecule has 6 heteroatoms. The summed E-state index contributed by atoms with van der Waals surface area (Å²) in [4.78, 5) is 4.38. The fraction of sp³-hybridized carbons (Fsp3) is 0.533. The number of hydrogen-bond acceptors (Lipinski definition) is 2. The quantitative estimate of drug-likeness (QED) is 0.481. The van der Waals surface area contributed by atoms with Crippen molar-refractivity contribution in [2.75, 3.05) is 19.7 Å². The second-order valence-electron chi connectivity index (χ2n) is 5.15. The lowest BCUT2D eigenvalue weighted by Crippen LogP contribution is -2.39. The van der Waals surface area contributed by atoms with Gasteiger partial charge in [-0.2, -0.15) is 0 Å². The van der Waals surface area contributed by atoms with E-state index >= 15 is 0 Å². The predicted octanol–water partition coefficient (Wildman–Crippen LogP) is 2.31. The highest BCUT2D eigenvalue weighted by Crippen LogP contribution is 2.28. The smallest absolute Gasteiger partial charge is 0.191 e. The Morgan fingerprint density at radius 3 is 2.76 bits per heavy atom. The van der Waals surface area contributed by atoms with E-state index in [0.717, 1.165) is 31.1 Å². The molecule has 2 rings (SSSR count). The minimum atomic E-state index is -0.909. The van der Waals surface area contributed by atoms with Crippen molar-refractivity contribution in [1.82, 2.24) is 10.6 Å². The molecule has 1 saturated carbocycles. The number of hydrogen-bond donors (Lipinski definition) is 2. The summed E-state index contributed by atoms with van der Waals surface area (Å²) in [5, 5.41) is 6.49. The van der Waals surface area contributed by atoms with Crippen LogP contribution in [0, 0.1) is 17.6 Å². The van der Waals surface area contributed by atoms with Crippen LogP contribution in [0.15, 0.2) is 23.2 Å². The van der Waals surface area contributed by atoms with Gasteiger partial charge >= 0.3 is 0 Å². The molecule has 1 aromatic rings. The summed E-state index contributed by atoms with van der Waals surface area (Å²) < 4.78 is 31.1. The lowest BCUT2D eigenvalue weighted by molar-refractivity contribution is 0.325. The lowest BCUT2D eigenvalue weighted by Gasteiger charge is -2.11. The first-order chi connectivity index (χ1) is 10.1. The number of ether oxygens (including phenoxy) is 1. The molecule has 0 aromatic heterocycles. The molecular formula is C15H21F2N3O. The highest BCUT2D eigenvalue weighted by molar-refractivity contribution is 5.80. The van der Waals surface area contributed by atoms with Gasteiger partial charge in [-0.15, -0.1) is 0 Å². The van der Waals surface area contributed by atoms with Crippen LogP contribution < -0.4 is 15.4 Å². The van der Waals surface area contributed by atoms with E-state index in [-0.39, 0.29) is 0 Å². The van der Waals surface area contributed by atoms with E-state index in [9.17, 15) is 8.78 Å². The van der Waals surface area contributed by atoms with Gasteiger partial charge in [0.05, 0.1) is 6.54 Å². The number of nitrogens with one attached hydrogen (secondary N) is 2. The summed E-state index contributed by atoms with van der Waals surface area (Å²) in [6.07, 6.45) is 1.16. The van der Waals surface area contributed by atoms with Gasteiger partial charge in [-0.1, -0.05) is 6.92 Å². The average Bonchev–Trinajstić information content (AvgIpc) is 3.14. The van der Waals surface area contributed by atoms with Gasteiger partial charge in [0.25, 0.3) is 0 Å². The zero-order valence-electron chi connectivity index (χ0n) is 12.3. The number of rotatable bonds is 6. The first-order valence-electron chi connectivity index (χ1n) is 7.23. The van der Waals surface area contributed by atoms with Crippen LogP contribution in [0.2, 0.25) is 0 Å². The molecule has 0 amide bonds. The van der Waals surface area contributed by atoms with E-state index in [2.05, 4.69) is 22.5 Å². The van der Waals surface area contributed by atoms with E-state index in [0.29, 0.717) is 30.9 Å². The van der Waals surface area contributed by atoms with Gasteiger partial charge in [0, 0.05) is 18.7 Å². The topological polar surface area (TPSA) is 45.7 Å². The zero-order chi connectivity index (χ0) is 15.2. The van der Waals surface area contributed by atoms with Crippen molar-refractivity contribution in [2.45, 2.75) is 26.3 Å². The van der Waals surface area contributed by atoms with E-state index in [4.69, 9.17) is 4.74 Å². The third-order valence-electron chi connectivity index (χ3n) is 3.30. The molecule has 0 spiro atoms. The summed E-state index contributed by atoms with van der Waals surface area (Å²) >= 11 is 0. The summed E-state index contributed by atoms with van der Waals surface area (Å²) in [5.74, 6) is -0.0304. The van der Waals surface area contributed by atoms with Crippen LogP contribution >= 0.6 is 0 Å². The molecule has 116 valence electrons. The van der Waals surface area contributed by atoms with Crippen LogP contribution in [0.25, 0.3) is 0 Å². The molecule has 1 aliphatic carbocycles. The van der Waals surface area contributed by atoms with Crippen LogP contribution in [-0.2, 0) is 0 Å². The Bertz CT molecular complexity index is 508. The number of halogens is 2. The second-order valence-corrected chi connectivity index (χ2v) is 5.15. The second kappa shape index (κ2) is 7.24. The Balaban J connectivity index is 1.77. The molecular weight excluding hydrogens is 276 g/mol. The minimum Gasteiger partial charge on any atom is -0.492 e. The summed E-state index contributed by atoms with van der Waals surface area (Å²) in [5.41, 5.74) is 0. The van der Waals surface area contributed by atoms with Crippen molar-refractivity contribution in [2.24, 2.45) is 10.9 Å². The highest BCUT2D eigenvalue weighted by Gasteiger charge is 2.33. The van der Waals surface area contributed by atoms with Gasteiger partial charge in [0.2, 0.25) is 0 Å². The minimum absolute atomic E-state index is 0.304. The number of nitrogens with zero attached hydrogens (tertiary/aromatic N) is 1. The third kappa shape index (κ3) is 4.88. The van der Waals surface area contributed by atoms with Crippen molar-refractivity contribution >= 4 is 5.96 Å². The maximum atomic E-state index is 13.0. The molecule has 0 bridgehead atoms. The van der Waals surface area contributed by atoms with Crippen molar-refractivity contribution in [3.05, 3.63) is 29.8 Å². The standard InChI is InChI=1S/C15H21F2N3O/c1-3-18-15(20-14-8-10(14)2)19-6-7-21-11-4-5-12(16)13(17)9-11/h4-5,9-10,14H,3,6-8H2,1-2H3,(H2,18,19,20). The Morgan fingerprint density at radius 1 is 1.38 bits per heavy atom. The van der Waals surface area contributed by atoms with Crippen LogP contribution in [0.5, 0.6) is 5.75 Å². The molecule has 0 aliphatic heterocycles. The first kappa shape index (κ1) is 15.5. The highest BCUT2D eigenvalue weighted by atomic mass is 19.2. The maximum Gasteiger partial charge on any atom is 0.191 e. The van der Waals surface area contributed by atoms with Crippen LogP contribution in [0.4, 0.5) is 8.78 Å². The molecule has 2 N–H and O–H groups in total. The van der Waals surface area contributed by atoms with Crippen LogP contribution in [0.3, 0.4) is 0 Å². The van der Waals surface area contributed by atoms with Gasteiger partial charge in [-0.3, -0.25) is 0 Å². The maximum absolute atomic E-state index is 13.0. The largest absolute Gasteiger partial charge is 0.492 e. The van der Waals surface area contributed by atoms with Crippen molar-refractivity contribution in [3.8, 4) is 5.75 Å². The molecule has 0 radical (unpaired) electrons. The molecule has 1 aliphatic rings. The number of guanidine groups is 1. The molecule has 2 unspecified atom stereocenters. The van der Waals surface area contributed by atoms with Gasteiger partial charge in [-0.25, -0.2) is 13.8 Å². The Labute approximate surface area is 123 Å². The number of benzene rings is 1. The monoisotopic (exact) mass is 297 g/mol. The molecule has 0 heterocycles. The van der Waals surface area contributed by atoms with Gasteiger partial charge in [0.15, 0.2) is 17.6 Å². The van der Waals surface area contributed by atoms with Crippen molar-refractivity contribution in [1.29, 1.82) is 0 Å². The molecule has 1 fully saturated rings. The number of aliphatic imine (C=N–C) groups is 1. The Kier molecular flexibility index (Phi) is 5.36. The fourth-order valence-corrected chi connectivity index (χ4v) is 1.91. The van der Waals surface area contributed by atoms with E-state index in [1.165, 1.54) is 6.07 Å². The van der Waals surface area contributed by atoms with Crippen LogP contribution in [0.1, 0.15) is 20.3 Å². The van der Waals surface area contributed by atoms with E-state index in [1.807, 2.05) is 6.92 Å². The SMILES string of the molecule is CCNC(=NCCOc1ccc(F)c(F)c1)NC1CC1C. The zero-order valence-corrected chi connectivity index (χ0v) is 12.3. The average molecular weight is 297 g/mol. The van der Waals surface area contributed by atoms with Crippen LogP contribution in [-0.4, -0.2) is 31.7 Å². The molecule has 21 heavy (non-hydrogen) atoms. The normalized spacial score (nSPS) is 21.0. The van der Waals surface area contributed by atoms with Gasteiger partial charge in [0.1, 0.15) is 12.4 Å². The molecule has 0 saturated heterocycles. The van der Waals surface area contributed by atoms with Crippen molar-refractivity contribution in [3.63, 3.8) is 0 Å². The first-order valence-corrected chi connectivity index (χ1v) is 7.23. The summed E-state index contributed by atoms with van der Waals surface area (Å²) in [6, 6.07) is 3.98. The van der Waals surface area contributed by atoms with Gasteiger partial charge < -0.3 is 15.4 Å². The fourth-order valence-electron chi connectivity index (χ4n) is 1.91. The van der Waals surface area contributed by atoms with Crippen molar-refractivity contribution < 1.29 is 13.5 Å².